The van der Waals surface area contributed by atoms with E-state index in [0.717, 1.165) is 11.3 Å². The number of aliphatic hydroxyl groups excluding tert-OH is 1. The van der Waals surface area contributed by atoms with E-state index >= 15 is 0 Å². The monoisotopic (exact) mass is 281 g/mol. The lowest BCUT2D eigenvalue weighted by Crippen LogP contribution is -2.05. The van der Waals surface area contributed by atoms with Crippen molar-refractivity contribution in [3.8, 4) is 0 Å². The molecule has 0 saturated carbocycles. The van der Waals surface area contributed by atoms with Gasteiger partial charge in [-0.1, -0.05) is 29.3 Å². The van der Waals surface area contributed by atoms with Crippen LogP contribution in [0.2, 0.25) is 10.0 Å². The Bertz CT molecular complexity index is 557. The number of benzene rings is 1. The van der Waals surface area contributed by atoms with Crippen molar-refractivity contribution in [3.63, 3.8) is 0 Å². The van der Waals surface area contributed by atoms with Gasteiger partial charge in [0, 0.05) is 22.2 Å². The number of aliphatic hydroxyl groups is 1. The van der Waals surface area contributed by atoms with Gasteiger partial charge in [-0.15, -0.1) is 0 Å². The lowest BCUT2D eigenvalue weighted by atomic mass is 10.0. The molecule has 0 bridgehead atoms. The smallest absolute Gasteiger partial charge is 0.100 e. The number of nitrogens with zero attached hydrogens (tertiary/aromatic N) is 1. The second-order valence-corrected chi connectivity index (χ2v) is 5.00. The molecule has 1 atom stereocenters. The standard InChI is InChI=1S/C14H13Cl2NO/c1-9-3-2-4-13(17-9)14(18)8-10-7-11(15)5-6-12(10)16/h2-7,14,18H,8H2,1H3. The van der Waals surface area contributed by atoms with Crippen LogP contribution in [-0.4, -0.2) is 10.1 Å². The Morgan fingerprint density at radius 1 is 1.22 bits per heavy atom. The van der Waals surface area contributed by atoms with Gasteiger partial charge in [0.25, 0.3) is 0 Å². The van der Waals surface area contributed by atoms with E-state index in [-0.39, 0.29) is 0 Å². The quantitative estimate of drug-likeness (QED) is 0.923. The molecule has 0 radical (unpaired) electrons. The zero-order chi connectivity index (χ0) is 13.1. The van der Waals surface area contributed by atoms with Crippen LogP contribution < -0.4 is 0 Å². The zero-order valence-electron chi connectivity index (χ0n) is 9.90. The Balaban J connectivity index is 2.21. The molecule has 1 N–H and O–H groups in total. The van der Waals surface area contributed by atoms with Gasteiger partial charge in [0.2, 0.25) is 0 Å². The summed E-state index contributed by atoms with van der Waals surface area (Å²) in [6, 6.07) is 10.8. The number of halogens is 2. The maximum atomic E-state index is 10.1. The largest absolute Gasteiger partial charge is 0.386 e. The first-order valence-corrected chi connectivity index (χ1v) is 6.37. The Labute approximate surface area is 116 Å². The molecule has 1 unspecified atom stereocenters. The van der Waals surface area contributed by atoms with Crippen LogP contribution >= 0.6 is 23.2 Å². The van der Waals surface area contributed by atoms with Crippen LogP contribution in [-0.2, 0) is 6.42 Å². The fourth-order valence-electron chi connectivity index (χ4n) is 1.76. The van der Waals surface area contributed by atoms with E-state index in [1.165, 1.54) is 0 Å². The molecule has 0 fully saturated rings. The first kappa shape index (κ1) is 13.3. The topological polar surface area (TPSA) is 33.1 Å². The van der Waals surface area contributed by atoms with E-state index in [1.807, 2.05) is 19.1 Å². The fraction of sp³-hybridized carbons (Fsp3) is 0.214. The van der Waals surface area contributed by atoms with Gasteiger partial charge in [0.1, 0.15) is 6.10 Å². The van der Waals surface area contributed by atoms with Crippen molar-refractivity contribution in [1.29, 1.82) is 0 Å². The first-order valence-electron chi connectivity index (χ1n) is 5.62. The third kappa shape index (κ3) is 3.22. The molecule has 1 heterocycles. The number of aryl methyl sites for hydroxylation is 1. The van der Waals surface area contributed by atoms with Crippen molar-refractivity contribution >= 4 is 23.2 Å². The molecule has 1 aromatic heterocycles. The highest BCUT2D eigenvalue weighted by Crippen LogP contribution is 2.25. The van der Waals surface area contributed by atoms with Crippen LogP contribution in [0.4, 0.5) is 0 Å². The molecular formula is C14H13Cl2NO. The minimum Gasteiger partial charge on any atom is -0.386 e. The maximum Gasteiger partial charge on any atom is 0.100 e. The van der Waals surface area contributed by atoms with E-state index in [1.54, 1.807) is 24.3 Å². The molecule has 0 saturated heterocycles. The molecule has 0 aliphatic rings. The van der Waals surface area contributed by atoms with Gasteiger partial charge < -0.3 is 5.11 Å². The molecule has 0 aliphatic carbocycles. The third-order valence-corrected chi connectivity index (χ3v) is 3.28. The van der Waals surface area contributed by atoms with Crippen LogP contribution in [0.3, 0.4) is 0 Å². The molecule has 18 heavy (non-hydrogen) atoms. The fourth-order valence-corrected chi connectivity index (χ4v) is 2.15. The van der Waals surface area contributed by atoms with Gasteiger partial charge >= 0.3 is 0 Å². The number of aromatic nitrogens is 1. The summed E-state index contributed by atoms with van der Waals surface area (Å²) in [4.78, 5) is 4.30. The summed E-state index contributed by atoms with van der Waals surface area (Å²) in [6.45, 7) is 1.89. The molecule has 2 rings (SSSR count). The highest BCUT2D eigenvalue weighted by Gasteiger charge is 2.12. The summed E-state index contributed by atoms with van der Waals surface area (Å²) in [7, 11) is 0. The summed E-state index contributed by atoms with van der Waals surface area (Å²) in [5.74, 6) is 0. The van der Waals surface area contributed by atoms with Gasteiger partial charge in [-0.25, -0.2) is 0 Å². The Kier molecular flexibility index (Phi) is 4.23. The summed E-state index contributed by atoms with van der Waals surface area (Å²) >= 11 is 12.0. The second kappa shape index (κ2) is 5.70. The highest BCUT2D eigenvalue weighted by atomic mass is 35.5. The van der Waals surface area contributed by atoms with Gasteiger partial charge in [-0.05, 0) is 42.8 Å². The zero-order valence-corrected chi connectivity index (χ0v) is 11.4. The Morgan fingerprint density at radius 2 is 2.00 bits per heavy atom. The first-order chi connectivity index (χ1) is 8.56. The Hall–Kier alpha value is -1.09. The van der Waals surface area contributed by atoms with Gasteiger partial charge in [0.15, 0.2) is 0 Å². The number of rotatable bonds is 3. The number of hydrogen-bond acceptors (Lipinski definition) is 2. The maximum absolute atomic E-state index is 10.1. The number of pyridine rings is 1. The van der Waals surface area contributed by atoms with E-state index in [0.29, 0.717) is 22.2 Å². The van der Waals surface area contributed by atoms with Crippen molar-refractivity contribution in [2.75, 3.05) is 0 Å². The Morgan fingerprint density at radius 3 is 2.72 bits per heavy atom. The minimum absolute atomic E-state index is 0.399. The van der Waals surface area contributed by atoms with Crippen LogP contribution in [0.25, 0.3) is 0 Å². The molecular weight excluding hydrogens is 269 g/mol. The molecule has 2 aromatic rings. The van der Waals surface area contributed by atoms with Crippen LogP contribution in [0.5, 0.6) is 0 Å². The predicted octanol–water partition coefficient (Wildman–Crippen LogP) is 3.97. The molecule has 94 valence electrons. The van der Waals surface area contributed by atoms with Gasteiger partial charge in [-0.2, -0.15) is 0 Å². The molecule has 0 spiro atoms. The average molecular weight is 282 g/mol. The molecule has 4 heteroatoms. The van der Waals surface area contributed by atoms with Crippen molar-refractivity contribution in [2.45, 2.75) is 19.4 Å². The second-order valence-electron chi connectivity index (χ2n) is 4.16. The highest BCUT2D eigenvalue weighted by molar-refractivity contribution is 6.33. The predicted molar refractivity (Wildman–Crippen MR) is 74.1 cm³/mol. The van der Waals surface area contributed by atoms with E-state index in [2.05, 4.69) is 4.98 Å². The van der Waals surface area contributed by atoms with Crippen LogP contribution in [0, 0.1) is 6.92 Å². The molecule has 2 nitrogen and oxygen atoms in total. The summed E-state index contributed by atoms with van der Waals surface area (Å²) < 4.78 is 0. The van der Waals surface area contributed by atoms with E-state index in [9.17, 15) is 5.11 Å². The molecule has 1 aromatic carbocycles. The summed E-state index contributed by atoms with van der Waals surface area (Å²) in [5.41, 5.74) is 2.34. The van der Waals surface area contributed by atoms with Crippen molar-refractivity contribution in [1.82, 2.24) is 4.98 Å². The molecule has 0 amide bonds. The van der Waals surface area contributed by atoms with Crippen molar-refractivity contribution in [2.24, 2.45) is 0 Å². The minimum atomic E-state index is -0.680. The van der Waals surface area contributed by atoms with Crippen molar-refractivity contribution in [3.05, 3.63) is 63.4 Å². The van der Waals surface area contributed by atoms with Gasteiger partial charge in [0.05, 0.1) is 5.69 Å². The molecule has 0 aliphatic heterocycles. The SMILES string of the molecule is Cc1cccc(C(O)Cc2cc(Cl)ccc2Cl)n1. The third-order valence-electron chi connectivity index (χ3n) is 2.67. The summed E-state index contributed by atoms with van der Waals surface area (Å²) in [5, 5.41) is 11.4. The van der Waals surface area contributed by atoms with Crippen molar-refractivity contribution < 1.29 is 5.11 Å². The van der Waals surface area contributed by atoms with Gasteiger partial charge in [-0.3, -0.25) is 4.98 Å². The lowest BCUT2D eigenvalue weighted by molar-refractivity contribution is 0.173. The average Bonchev–Trinajstić information content (AvgIpc) is 2.34. The summed E-state index contributed by atoms with van der Waals surface area (Å²) in [6.07, 6.45) is -0.281. The lowest BCUT2D eigenvalue weighted by Gasteiger charge is -2.12. The van der Waals surface area contributed by atoms with Crippen LogP contribution in [0.15, 0.2) is 36.4 Å². The van der Waals surface area contributed by atoms with E-state index in [4.69, 9.17) is 23.2 Å². The number of hydrogen-bond donors (Lipinski definition) is 1. The normalized spacial score (nSPS) is 12.4. The van der Waals surface area contributed by atoms with Crippen LogP contribution in [0.1, 0.15) is 23.1 Å². The van der Waals surface area contributed by atoms with E-state index < -0.39 is 6.10 Å².